The Labute approximate surface area is 179 Å². The molecule has 0 bridgehead atoms. The molecule has 1 aliphatic carbocycles. The van der Waals surface area contributed by atoms with E-state index in [9.17, 15) is 18.0 Å². The van der Waals surface area contributed by atoms with Crippen molar-refractivity contribution in [2.24, 2.45) is 5.92 Å². The Morgan fingerprint density at radius 3 is 2.50 bits per heavy atom. The number of benzene rings is 1. The number of nitrogens with zero attached hydrogens (tertiary/aromatic N) is 2. The average molecular weight is 442 g/mol. The molecule has 1 heterocycles. The number of alkyl halides is 3. The zero-order valence-electron chi connectivity index (χ0n) is 17.4. The average Bonchev–Trinajstić information content (AvgIpc) is 3.03. The van der Waals surface area contributed by atoms with Crippen molar-refractivity contribution in [3.63, 3.8) is 0 Å². The van der Waals surface area contributed by atoms with Gasteiger partial charge in [0.05, 0.1) is 21.8 Å². The second-order valence-corrected chi connectivity index (χ2v) is 8.86. The quantitative estimate of drug-likeness (QED) is 0.620. The molecular formula is C22H27ClF3N3O. The molecule has 1 aromatic carbocycles. The first-order valence-electron chi connectivity index (χ1n) is 10.3. The van der Waals surface area contributed by atoms with Gasteiger partial charge in [0.2, 0.25) is 0 Å². The molecule has 1 aliphatic rings. The number of halogens is 4. The Morgan fingerprint density at radius 2 is 1.93 bits per heavy atom. The highest BCUT2D eigenvalue weighted by atomic mass is 35.5. The van der Waals surface area contributed by atoms with Crippen LogP contribution in [0.4, 0.5) is 13.2 Å². The van der Waals surface area contributed by atoms with E-state index < -0.39 is 17.6 Å². The van der Waals surface area contributed by atoms with Gasteiger partial charge in [0, 0.05) is 18.8 Å². The van der Waals surface area contributed by atoms with E-state index >= 15 is 0 Å². The van der Waals surface area contributed by atoms with E-state index in [0.29, 0.717) is 11.8 Å². The third kappa shape index (κ3) is 5.36. The molecule has 0 saturated heterocycles. The lowest BCUT2D eigenvalue weighted by molar-refractivity contribution is -0.137. The lowest BCUT2D eigenvalue weighted by Gasteiger charge is -2.29. The van der Waals surface area contributed by atoms with Crippen molar-refractivity contribution in [3.05, 3.63) is 51.8 Å². The number of aromatic nitrogens is 2. The number of carbonyl (C=O) groups is 1. The van der Waals surface area contributed by atoms with E-state index in [0.717, 1.165) is 56.1 Å². The van der Waals surface area contributed by atoms with Gasteiger partial charge in [-0.25, -0.2) is 0 Å². The smallest absolute Gasteiger partial charge is 0.349 e. The van der Waals surface area contributed by atoms with Gasteiger partial charge in [-0.3, -0.25) is 9.48 Å². The molecule has 2 aromatic rings. The monoisotopic (exact) mass is 441 g/mol. The maximum atomic E-state index is 12.9. The molecule has 1 saturated carbocycles. The maximum Gasteiger partial charge on any atom is 0.416 e. The first-order valence-corrected chi connectivity index (χ1v) is 10.6. The summed E-state index contributed by atoms with van der Waals surface area (Å²) in [5.74, 6) is 0.299. The molecule has 30 heavy (non-hydrogen) atoms. The van der Waals surface area contributed by atoms with Crippen LogP contribution in [0.2, 0.25) is 5.02 Å². The zero-order valence-corrected chi connectivity index (χ0v) is 18.1. The van der Waals surface area contributed by atoms with E-state index in [2.05, 4.69) is 37.4 Å². The van der Waals surface area contributed by atoms with Crippen molar-refractivity contribution in [1.82, 2.24) is 15.1 Å². The van der Waals surface area contributed by atoms with Crippen LogP contribution in [0, 0.1) is 12.8 Å². The van der Waals surface area contributed by atoms with Crippen LogP contribution in [-0.4, -0.2) is 21.7 Å². The summed E-state index contributed by atoms with van der Waals surface area (Å²) in [6.45, 7) is 7.17. The molecule has 0 atom stereocenters. The highest BCUT2D eigenvalue weighted by Crippen LogP contribution is 2.32. The largest absolute Gasteiger partial charge is 0.416 e. The van der Waals surface area contributed by atoms with Crippen LogP contribution in [-0.2, 0) is 12.7 Å². The third-order valence-corrected chi connectivity index (χ3v) is 6.02. The fraction of sp³-hybridized carbons (Fsp3) is 0.545. The summed E-state index contributed by atoms with van der Waals surface area (Å²) >= 11 is 5.97. The Balaban J connectivity index is 1.56. The summed E-state index contributed by atoms with van der Waals surface area (Å²) in [5, 5.41) is 7.56. The fourth-order valence-corrected chi connectivity index (χ4v) is 4.30. The molecule has 0 unspecified atom stereocenters. The van der Waals surface area contributed by atoms with E-state index in [1.54, 1.807) is 0 Å². The number of hydrogen-bond donors (Lipinski definition) is 1. The predicted octanol–water partition coefficient (Wildman–Crippen LogP) is 5.98. The molecule has 4 nitrogen and oxygen atoms in total. The molecule has 0 radical (unpaired) electrons. The number of aryl methyl sites for hydroxylation is 1. The van der Waals surface area contributed by atoms with Crippen LogP contribution in [0.5, 0.6) is 0 Å². The Hall–Kier alpha value is -2.02. The Morgan fingerprint density at radius 1 is 1.27 bits per heavy atom. The molecule has 0 spiro atoms. The zero-order chi connectivity index (χ0) is 22.1. The number of rotatable bonds is 5. The van der Waals surface area contributed by atoms with Gasteiger partial charge in [0.15, 0.2) is 0 Å². The van der Waals surface area contributed by atoms with Gasteiger partial charge < -0.3 is 5.32 Å². The lowest BCUT2D eigenvalue weighted by Crippen LogP contribution is -2.38. The predicted molar refractivity (Wildman–Crippen MR) is 111 cm³/mol. The van der Waals surface area contributed by atoms with Crippen LogP contribution < -0.4 is 5.32 Å². The van der Waals surface area contributed by atoms with Crippen molar-refractivity contribution >= 4 is 17.5 Å². The van der Waals surface area contributed by atoms with Crippen LogP contribution in [0.25, 0.3) is 0 Å². The molecule has 164 valence electrons. The summed E-state index contributed by atoms with van der Waals surface area (Å²) < 4.78 is 40.8. The van der Waals surface area contributed by atoms with Gasteiger partial charge in [-0.05, 0) is 68.2 Å². The lowest BCUT2D eigenvalue weighted by atomic mass is 9.86. The van der Waals surface area contributed by atoms with E-state index in [4.69, 9.17) is 11.6 Å². The molecule has 8 heteroatoms. The van der Waals surface area contributed by atoms with Gasteiger partial charge in [-0.1, -0.05) is 25.4 Å². The second-order valence-electron chi connectivity index (χ2n) is 8.46. The molecule has 1 fully saturated rings. The van der Waals surface area contributed by atoms with Crippen molar-refractivity contribution in [2.75, 3.05) is 0 Å². The van der Waals surface area contributed by atoms with Crippen LogP contribution in [0.15, 0.2) is 24.4 Å². The Kier molecular flexibility index (Phi) is 6.80. The normalized spacial score (nSPS) is 19.9. The minimum atomic E-state index is -4.52. The topological polar surface area (TPSA) is 46.9 Å². The van der Waals surface area contributed by atoms with Crippen molar-refractivity contribution in [2.45, 2.75) is 71.1 Å². The van der Waals surface area contributed by atoms with Crippen LogP contribution >= 0.6 is 11.6 Å². The minimum Gasteiger partial charge on any atom is -0.349 e. The molecule has 1 N–H and O–H groups in total. The number of amides is 1. The maximum absolute atomic E-state index is 12.9. The first-order chi connectivity index (χ1) is 14.0. The number of carbonyl (C=O) groups excluding carboxylic acids is 1. The summed E-state index contributed by atoms with van der Waals surface area (Å²) in [4.78, 5) is 12.5. The highest BCUT2D eigenvalue weighted by Gasteiger charge is 2.32. The van der Waals surface area contributed by atoms with Gasteiger partial charge in [0.1, 0.15) is 0 Å². The standard InChI is InChI=1S/C22H27ClF3N3O/c1-13(2)20-14(3)11-29(28-20)12-15-4-7-17(8-5-15)27-21(30)18-10-16(22(24,25)26)6-9-19(18)23/h6,9-11,13,15,17H,4-5,7-8,12H2,1-3H3,(H,27,30). The van der Waals surface area contributed by atoms with Gasteiger partial charge in [-0.2, -0.15) is 18.3 Å². The summed E-state index contributed by atoms with van der Waals surface area (Å²) in [6.07, 6.45) is 0.986. The molecule has 1 aromatic heterocycles. The van der Waals surface area contributed by atoms with Crippen molar-refractivity contribution in [1.29, 1.82) is 0 Å². The van der Waals surface area contributed by atoms with Crippen molar-refractivity contribution < 1.29 is 18.0 Å². The van der Waals surface area contributed by atoms with Gasteiger partial charge in [-0.15, -0.1) is 0 Å². The van der Waals surface area contributed by atoms with Gasteiger partial charge in [0.25, 0.3) is 5.91 Å². The third-order valence-electron chi connectivity index (χ3n) is 5.70. The highest BCUT2D eigenvalue weighted by molar-refractivity contribution is 6.33. The van der Waals surface area contributed by atoms with E-state index in [1.807, 2.05) is 4.68 Å². The van der Waals surface area contributed by atoms with E-state index in [-0.39, 0.29) is 16.6 Å². The van der Waals surface area contributed by atoms with Crippen molar-refractivity contribution in [3.8, 4) is 0 Å². The van der Waals surface area contributed by atoms with Crippen LogP contribution in [0.1, 0.15) is 72.6 Å². The molecule has 0 aliphatic heterocycles. The minimum absolute atomic E-state index is 0.0178. The van der Waals surface area contributed by atoms with Gasteiger partial charge >= 0.3 is 6.18 Å². The molecule has 3 rings (SSSR count). The number of nitrogens with one attached hydrogen (secondary N) is 1. The molecular weight excluding hydrogens is 415 g/mol. The summed E-state index contributed by atoms with van der Waals surface area (Å²) in [6, 6.07) is 2.75. The fourth-order valence-electron chi connectivity index (χ4n) is 4.09. The SMILES string of the molecule is Cc1cn(CC2CCC(NC(=O)c3cc(C(F)(F)F)ccc3Cl)CC2)nc1C(C)C. The molecule has 1 amide bonds. The number of hydrogen-bond acceptors (Lipinski definition) is 2. The Bertz CT molecular complexity index is 900. The first kappa shape index (κ1) is 22.7. The summed E-state index contributed by atoms with van der Waals surface area (Å²) in [7, 11) is 0. The summed E-state index contributed by atoms with van der Waals surface area (Å²) in [5.41, 5.74) is 1.30. The van der Waals surface area contributed by atoms with Crippen LogP contribution in [0.3, 0.4) is 0 Å². The van der Waals surface area contributed by atoms with E-state index in [1.165, 1.54) is 5.56 Å². The second kappa shape index (κ2) is 9.00.